The van der Waals surface area contributed by atoms with E-state index in [1.54, 1.807) is 24.3 Å². The molecule has 0 bridgehead atoms. The highest BCUT2D eigenvalue weighted by molar-refractivity contribution is 7.16. The predicted molar refractivity (Wildman–Crippen MR) is 156 cm³/mol. The Balaban J connectivity index is 1.25. The first-order valence-corrected chi connectivity index (χ1v) is 14.1. The van der Waals surface area contributed by atoms with Crippen LogP contribution >= 0.6 is 11.3 Å². The highest BCUT2D eigenvalue weighted by atomic mass is 32.1. The Morgan fingerprint density at radius 2 is 1.66 bits per heavy atom. The van der Waals surface area contributed by atoms with Crippen molar-refractivity contribution in [1.29, 1.82) is 0 Å². The van der Waals surface area contributed by atoms with Crippen molar-refractivity contribution in [3.8, 4) is 22.4 Å². The average Bonchev–Trinajstić information content (AvgIpc) is 3.43. The fraction of sp³-hybridized carbons (Fsp3) is 0.250. The number of thiazole rings is 1. The Morgan fingerprint density at radius 1 is 0.868 bits per heavy atom. The van der Waals surface area contributed by atoms with Crippen LogP contribution in [0.15, 0.2) is 78.4 Å². The molecule has 0 spiro atoms. The summed E-state index contributed by atoms with van der Waals surface area (Å²) in [6.07, 6.45) is 5.86. The lowest BCUT2D eigenvalue weighted by atomic mass is 9.97. The highest BCUT2D eigenvalue weighted by Crippen LogP contribution is 2.35. The first kappa shape index (κ1) is 24.7. The summed E-state index contributed by atoms with van der Waals surface area (Å²) in [5, 5.41) is 3.56. The number of rotatable bonds is 7. The van der Waals surface area contributed by atoms with E-state index in [4.69, 9.17) is 4.98 Å². The lowest BCUT2D eigenvalue weighted by molar-refractivity contribution is 0.221. The SMILES string of the molecule is Cc1cc(-c2ncc(NCc3ccc(CN4CCCCC4)cc3)cc2-c2ccc3ncsc3c2)ccc1F. The Morgan fingerprint density at radius 3 is 2.47 bits per heavy atom. The number of benzene rings is 3. The number of nitrogens with zero attached hydrogens (tertiary/aromatic N) is 3. The lowest BCUT2D eigenvalue weighted by Gasteiger charge is -2.26. The molecule has 2 aromatic heterocycles. The molecule has 3 aromatic carbocycles. The number of aromatic nitrogens is 2. The molecular weight excluding hydrogens is 491 g/mol. The van der Waals surface area contributed by atoms with E-state index < -0.39 is 0 Å². The standard InChI is InChI=1S/C32H31FN4S/c1-22-15-26(9-11-29(22)33)32-28(25-10-12-30-31(16-25)38-21-36-30)17-27(19-35-32)34-18-23-5-7-24(8-6-23)20-37-13-3-2-4-14-37/h5-12,15-17,19,21,34H,2-4,13-14,18,20H2,1H3. The summed E-state index contributed by atoms with van der Waals surface area (Å²) >= 11 is 1.63. The summed E-state index contributed by atoms with van der Waals surface area (Å²) in [6.45, 7) is 5.96. The number of fused-ring (bicyclic) bond motifs is 1. The molecule has 1 fully saturated rings. The number of anilines is 1. The zero-order valence-electron chi connectivity index (χ0n) is 21.6. The molecule has 38 heavy (non-hydrogen) atoms. The van der Waals surface area contributed by atoms with Crippen LogP contribution in [0, 0.1) is 12.7 Å². The van der Waals surface area contributed by atoms with E-state index in [1.807, 2.05) is 23.8 Å². The minimum absolute atomic E-state index is 0.207. The van der Waals surface area contributed by atoms with E-state index in [0.29, 0.717) is 12.1 Å². The third kappa shape index (κ3) is 5.47. The fourth-order valence-electron chi connectivity index (χ4n) is 5.17. The molecule has 5 aromatic rings. The minimum atomic E-state index is -0.207. The third-order valence-electron chi connectivity index (χ3n) is 7.34. The Hall–Kier alpha value is -3.61. The number of likely N-dealkylation sites (tertiary alicyclic amines) is 1. The van der Waals surface area contributed by atoms with Gasteiger partial charge >= 0.3 is 0 Å². The number of halogens is 1. The number of hydrogen-bond acceptors (Lipinski definition) is 5. The van der Waals surface area contributed by atoms with Gasteiger partial charge in [-0.2, -0.15) is 0 Å². The van der Waals surface area contributed by atoms with Crippen molar-refractivity contribution in [3.63, 3.8) is 0 Å². The highest BCUT2D eigenvalue weighted by Gasteiger charge is 2.14. The molecule has 0 unspecified atom stereocenters. The van der Waals surface area contributed by atoms with E-state index in [9.17, 15) is 4.39 Å². The van der Waals surface area contributed by atoms with Crippen molar-refractivity contribution in [3.05, 3.63) is 101 Å². The molecule has 0 aliphatic carbocycles. The van der Waals surface area contributed by atoms with Crippen molar-refractivity contribution >= 4 is 27.2 Å². The zero-order valence-corrected chi connectivity index (χ0v) is 22.4. The van der Waals surface area contributed by atoms with Gasteiger partial charge in [0.25, 0.3) is 0 Å². The molecule has 0 radical (unpaired) electrons. The van der Waals surface area contributed by atoms with E-state index in [2.05, 4.69) is 57.7 Å². The Kier molecular flexibility index (Phi) is 7.16. The second-order valence-corrected chi connectivity index (χ2v) is 11.0. The van der Waals surface area contributed by atoms with Crippen molar-refractivity contribution in [1.82, 2.24) is 14.9 Å². The van der Waals surface area contributed by atoms with E-state index in [0.717, 1.165) is 44.8 Å². The molecule has 3 heterocycles. The predicted octanol–water partition coefficient (Wildman–Crippen LogP) is 8.07. The largest absolute Gasteiger partial charge is 0.380 e. The molecule has 6 rings (SSSR count). The van der Waals surface area contributed by atoms with Gasteiger partial charge in [0, 0.05) is 24.2 Å². The third-order valence-corrected chi connectivity index (χ3v) is 8.13. The molecule has 1 N–H and O–H groups in total. The van der Waals surface area contributed by atoms with Crippen LogP contribution in [0.5, 0.6) is 0 Å². The summed E-state index contributed by atoms with van der Waals surface area (Å²) in [6, 6.07) is 22.6. The van der Waals surface area contributed by atoms with Gasteiger partial charge in [-0.05, 0) is 91.5 Å². The van der Waals surface area contributed by atoms with E-state index in [-0.39, 0.29) is 5.82 Å². The normalized spacial score (nSPS) is 14.2. The van der Waals surface area contributed by atoms with E-state index >= 15 is 0 Å². The van der Waals surface area contributed by atoms with Gasteiger partial charge < -0.3 is 5.32 Å². The van der Waals surface area contributed by atoms with Gasteiger partial charge in [-0.15, -0.1) is 11.3 Å². The number of aryl methyl sites for hydroxylation is 1. The van der Waals surface area contributed by atoms with Gasteiger partial charge in [0.1, 0.15) is 5.82 Å². The van der Waals surface area contributed by atoms with Crippen molar-refractivity contribution in [2.45, 2.75) is 39.3 Å². The second-order valence-electron chi connectivity index (χ2n) is 10.1. The summed E-state index contributed by atoms with van der Waals surface area (Å²) in [7, 11) is 0. The maximum absolute atomic E-state index is 14.0. The molecule has 0 saturated carbocycles. The Bertz CT molecular complexity index is 1550. The molecular formula is C32H31FN4S. The number of nitrogens with one attached hydrogen (secondary N) is 1. The van der Waals surface area contributed by atoms with Gasteiger partial charge in [-0.3, -0.25) is 9.88 Å². The van der Waals surface area contributed by atoms with Crippen LogP contribution in [0.1, 0.15) is 36.0 Å². The maximum atomic E-state index is 14.0. The number of piperidine rings is 1. The monoisotopic (exact) mass is 522 g/mol. The molecule has 1 saturated heterocycles. The molecule has 1 aliphatic rings. The molecule has 1 aliphatic heterocycles. The summed E-state index contributed by atoms with van der Waals surface area (Å²) in [5.41, 5.74) is 10.8. The van der Waals surface area contributed by atoms with Crippen LogP contribution in [0.2, 0.25) is 0 Å². The van der Waals surface area contributed by atoms with Gasteiger partial charge in [0.15, 0.2) is 0 Å². The lowest BCUT2D eigenvalue weighted by Crippen LogP contribution is -2.29. The fourth-order valence-corrected chi connectivity index (χ4v) is 5.88. The average molecular weight is 523 g/mol. The molecule has 0 atom stereocenters. The first-order chi connectivity index (χ1) is 18.6. The summed E-state index contributed by atoms with van der Waals surface area (Å²) < 4.78 is 15.1. The van der Waals surface area contributed by atoms with Crippen molar-refractivity contribution in [2.75, 3.05) is 18.4 Å². The van der Waals surface area contributed by atoms with Crippen LogP contribution in [-0.4, -0.2) is 28.0 Å². The molecule has 4 nitrogen and oxygen atoms in total. The van der Waals surface area contributed by atoms with Gasteiger partial charge in [0.2, 0.25) is 0 Å². The minimum Gasteiger partial charge on any atom is -0.380 e. The van der Waals surface area contributed by atoms with Crippen molar-refractivity contribution in [2.24, 2.45) is 0 Å². The molecule has 0 amide bonds. The van der Waals surface area contributed by atoms with Crippen LogP contribution in [0.25, 0.3) is 32.6 Å². The van der Waals surface area contributed by atoms with Gasteiger partial charge in [-0.1, -0.05) is 36.8 Å². The van der Waals surface area contributed by atoms with Gasteiger partial charge in [-0.25, -0.2) is 9.37 Å². The Labute approximate surface area is 227 Å². The quantitative estimate of drug-likeness (QED) is 0.235. The van der Waals surface area contributed by atoms with Crippen molar-refractivity contribution < 1.29 is 4.39 Å². The topological polar surface area (TPSA) is 41.1 Å². The van der Waals surface area contributed by atoms with E-state index in [1.165, 1.54) is 49.5 Å². The zero-order chi connectivity index (χ0) is 25.9. The summed E-state index contributed by atoms with van der Waals surface area (Å²) in [4.78, 5) is 11.8. The summed E-state index contributed by atoms with van der Waals surface area (Å²) in [5.74, 6) is -0.207. The van der Waals surface area contributed by atoms with Gasteiger partial charge in [0.05, 0.1) is 33.3 Å². The van der Waals surface area contributed by atoms with Crippen LogP contribution in [0.3, 0.4) is 0 Å². The second kappa shape index (κ2) is 11.0. The smallest absolute Gasteiger partial charge is 0.126 e. The van der Waals surface area contributed by atoms with Crippen LogP contribution < -0.4 is 5.32 Å². The molecule has 6 heteroatoms. The van der Waals surface area contributed by atoms with Crippen LogP contribution in [0.4, 0.5) is 10.1 Å². The number of hydrogen-bond donors (Lipinski definition) is 1. The van der Waals surface area contributed by atoms with Crippen LogP contribution in [-0.2, 0) is 13.1 Å². The number of pyridine rings is 1. The molecule has 192 valence electrons. The first-order valence-electron chi connectivity index (χ1n) is 13.3. The maximum Gasteiger partial charge on any atom is 0.126 e.